The van der Waals surface area contributed by atoms with Crippen molar-refractivity contribution < 1.29 is 13.5 Å². The summed E-state index contributed by atoms with van der Waals surface area (Å²) in [6.45, 7) is 2.69. The first-order valence-corrected chi connectivity index (χ1v) is 5.93. The molecule has 0 aliphatic carbocycles. The van der Waals surface area contributed by atoms with Crippen LogP contribution in [-0.2, 0) is 10.0 Å². The molecule has 0 aromatic rings. The summed E-state index contributed by atoms with van der Waals surface area (Å²) in [7, 11) is -3.11. The largest absolute Gasteiger partial charge is 0.391 e. The van der Waals surface area contributed by atoms with E-state index in [9.17, 15) is 13.5 Å². The molecule has 72 valence electrons. The molecule has 2 atom stereocenters. The van der Waals surface area contributed by atoms with E-state index in [0.29, 0.717) is 6.54 Å². The molecular formula is C7H15NO3S. The van der Waals surface area contributed by atoms with Gasteiger partial charge in [0.25, 0.3) is 0 Å². The zero-order valence-electron chi connectivity index (χ0n) is 7.40. The van der Waals surface area contributed by atoms with Crippen molar-refractivity contribution in [3.05, 3.63) is 0 Å². The maximum Gasteiger partial charge on any atom is 0.211 e. The Labute approximate surface area is 73.2 Å². The van der Waals surface area contributed by atoms with E-state index in [0.717, 1.165) is 6.42 Å². The van der Waals surface area contributed by atoms with Crippen molar-refractivity contribution in [2.75, 3.05) is 19.3 Å². The second-order valence-electron chi connectivity index (χ2n) is 3.32. The first kappa shape index (κ1) is 9.95. The number of aliphatic hydroxyl groups is 1. The lowest BCUT2D eigenvalue weighted by atomic mass is 10.0. The van der Waals surface area contributed by atoms with Crippen molar-refractivity contribution in [2.45, 2.75) is 19.4 Å². The zero-order valence-corrected chi connectivity index (χ0v) is 8.21. The minimum atomic E-state index is -3.11. The second-order valence-corrected chi connectivity index (χ2v) is 5.30. The van der Waals surface area contributed by atoms with Gasteiger partial charge in [-0.2, -0.15) is 4.31 Å². The topological polar surface area (TPSA) is 57.6 Å². The van der Waals surface area contributed by atoms with Crippen LogP contribution in [0.4, 0.5) is 0 Å². The number of hydrogen-bond donors (Lipinski definition) is 1. The van der Waals surface area contributed by atoms with Gasteiger partial charge in [0.2, 0.25) is 10.0 Å². The molecule has 0 aromatic heterocycles. The molecule has 12 heavy (non-hydrogen) atoms. The highest BCUT2D eigenvalue weighted by atomic mass is 32.2. The number of nitrogens with zero attached hydrogens (tertiary/aromatic N) is 1. The van der Waals surface area contributed by atoms with Gasteiger partial charge in [-0.3, -0.25) is 0 Å². The molecule has 1 heterocycles. The average Bonchev–Trinajstić information content (AvgIpc) is 2.29. The Kier molecular flexibility index (Phi) is 2.75. The first-order chi connectivity index (χ1) is 5.45. The summed E-state index contributed by atoms with van der Waals surface area (Å²) in [5, 5.41) is 9.42. The van der Waals surface area contributed by atoms with Crippen LogP contribution in [0.2, 0.25) is 0 Å². The number of hydrogen-bond acceptors (Lipinski definition) is 3. The Balaban J connectivity index is 2.67. The Morgan fingerprint density at radius 3 is 2.33 bits per heavy atom. The summed E-state index contributed by atoms with van der Waals surface area (Å²) in [4.78, 5) is 0. The minimum Gasteiger partial charge on any atom is -0.391 e. The summed E-state index contributed by atoms with van der Waals surface area (Å²) < 4.78 is 23.4. The number of sulfonamides is 1. The highest BCUT2D eigenvalue weighted by Crippen LogP contribution is 2.21. The van der Waals surface area contributed by atoms with Crippen molar-refractivity contribution in [3.8, 4) is 0 Å². The molecule has 1 saturated heterocycles. The quantitative estimate of drug-likeness (QED) is 0.652. The zero-order chi connectivity index (χ0) is 9.35. The van der Waals surface area contributed by atoms with Crippen LogP contribution >= 0.6 is 0 Å². The number of rotatable bonds is 2. The average molecular weight is 193 g/mol. The van der Waals surface area contributed by atoms with Gasteiger partial charge in [0.1, 0.15) is 0 Å². The summed E-state index contributed by atoms with van der Waals surface area (Å²) in [6, 6.07) is 0. The van der Waals surface area contributed by atoms with Crippen LogP contribution < -0.4 is 0 Å². The van der Waals surface area contributed by atoms with Gasteiger partial charge >= 0.3 is 0 Å². The van der Waals surface area contributed by atoms with Crippen molar-refractivity contribution in [1.29, 1.82) is 0 Å². The molecule has 0 saturated carbocycles. The summed E-state index contributed by atoms with van der Waals surface area (Å²) >= 11 is 0. The van der Waals surface area contributed by atoms with E-state index in [1.165, 1.54) is 10.6 Å². The minimum absolute atomic E-state index is 0.111. The molecule has 1 rings (SSSR count). The predicted molar refractivity (Wildman–Crippen MR) is 46.2 cm³/mol. The Morgan fingerprint density at radius 2 is 2.08 bits per heavy atom. The van der Waals surface area contributed by atoms with Crippen molar-refractivity contribution in [2.24, 2.45) is 5.92 Å². The van der Waals surface area contributed by atoms with Gasteiger partial charge in [0.15, 0.2) is 0 Å². The van der Waals surface area contributed by atoms with Crippen molar-refractivity contribution in [1.82, 2.24) is 4.31 Å². The fourth-order valence-corrected chi connectivity index (χ4v) is 2.37. The van der Waals surface area contributed by atoms with Crippen LogP contribution in [0.5, 0.6) is 0 Å². The molecule has 1 aliphatic rings. The van der Waals surface area contributed by atoms with Crippen LogP contribution in [0.3, 0.4) is 0 Å². The van der Waals surface area contributed by atoms with Crippen LogP contribution in [0.1, 0.15) is 13.3 Å². The standard InChI is InChI=1S/C7H15NO3S/c1-3-6-4-8(5-7(6)9)12(2,10)11/h6-7,9H,3-5H2,1-2H3. The smallest absolute Gasteiger partial charge is 0.211 e. The van der Waals surface area contributed by atoms with Crippen molar-refractivity contribution >= 4 is 10.0 Å². The molecule has 0 aromatic carbocycles. The Morgan fingerprint density at radius 1 is 1.50 bits per heavy atom. The van der Waals surface area contributed by atoms with Gasteiger partial charge in [0, 0.05) is 13.1 Å². The summed E-state index contributed by atoms with van der Waals surface area (Å²) in [5.74, 6) is 0.111. The molecule has 0 radical (unpaired) electrons. The molecule has 5 heteroatoms. The molecule has 0 spiro atoms. The van der Waals surface area contributed by atoms with Crippen LogP contribution in [0.15, 0.2) is 0 Å². The SMILES string of the molecule is CCC1CN(S(C)(=O)=O)CC1O. The van der Waals surface area contributed by atoms with E-state index in [1.807, 2.05) is 6.92 Å². The molecule has 0 bridgehead atoms. The lowest BCUT2D eigenvalue weighted by molar-refractivity contribution is 0.143. The third-order valence-corrected chi connectivity index (χ3v) is 3.60. The maximum atomic E-state index is 11.1. The van der Waals surface area contributed by atoms with E-state index >= 15 is 0 Å². The number of β-amino-alcohol motifs (C(OH)–C–C–N with tert-alkyl or cyclic N) is 1. The lowest BCUT2D eigenvalue weighted by Gasteiger charge is -2.11. The monoisotopic (exact) mass is 193 g/mol. The third-order valence-electron chi connectivity index (χ3n) is 2.37. The molecular weight excluding hydrogens is 178 g/mol. The molecule has 2 unspecified atom stereocenters. The Bertz CT molecular complexity index is 249. The lowest BCUT2D eigenvalue weighted by Crippen LogP contribution is -2.28. The van der Waals surface area contributed by atoms with Gasteiger partial charge in [-0.25, -0.2) is 8.42 Å². The van der Waals surface area contributed by atoms with Gasteiger partial charge in [-0.05, 0) is 12.3 Å². The first-order valence-electron chi connectivity index (χ1n) is 4.08. The molecule has 0 amide bonds. The third kappa shape index (κ3) is 1.97. The Hall–Kier alpha value is -0.130. The molecule has 4 nitrogen and oxygen atoms in total. The van der Waals surface area contributed by atoms with Gasteiger partial charge in [0.05, 0.1) is 12.4 Å². The van der Waals surface area contributed by atoms with Crippen LogP contribution in [-0.4, -0.2) is 43.3 Å². The van der Waals surface area contributed by atoms with E-state index in [2.05, 4.69) is 0 Å². The fraction of sp³-hybridized carbons (Fsp3) is 1.00. The van der Waals surface area contributed by atoms with Gasteiger partial charge in [-0.15, -0.1) is 0 Å². The summed E-state index contributed by atoms with van der Waals surface area (Å²) in [5.41, 5.74) is 0. The maximum absolute atomic E-state index is 11.1. The van der Waals surface area contributed by atoms with E-state index in [1.54, 1.807) is 0 Å². The van der Waals surface area contributed by atoms with Crippen molar-refractivity contribution in [3.63, 3.8) is 0 Å². The normalized spacial score (nSPS) is 32.6. The van der Waals surface area contributed by atoms with Crippen LogP contribution in [0.25, 0.3) is 0 Å². The van der Waals surface area contributed by atoms with E-state index in [-0.39, 0.29) is 12.5 Å². The molecule has 1 N–H and O–H groups in total. The number of aliphatic hydroxyl groups excluding tert-OH is 1. The highest BCUT2D eigenvalue weighted by Gasteiger charge is 2.34. The van der Waals surface area contributed by atoms with Gasteiger partial charge < -0.3 is 5.11 Å². The van der Waals surface area contributed by atoms with Crippen LogP contribution in [0, 0.1) is 5.92 Å². The fourth-order valence-electron chi connectivity index (χ4n) is 1.49. The predicted octanol–water partition coefficient (Wildman–Crippen LogP) is -0.351. The molecule has 1 aliphatic heterocycles. The highest BCUT2D eigenvalue weighted by molar-refractivity contribution is 7.88. The van der Waals surface area contributed by atoms with Gasteiger partial charge in [-0.1, -0.05) is 6.92 Å². The van der Waals surface area contributed by atoms with E-state index < -0.39 is 16.1 Å². The summed E-state index contributed by atoms with van der Waals surface area (Å²) in [6.07, 6.45) is 1.52. The second kappa shape index (κ2) is 3.32. The van der Waals surface area contributed by atoms with E-state index in [4.69, 9.17) is 0 Å². The molecule has 1 fully saturated rings.